The number of hydrogen-bond acceptors (Lipinski definition) is 4. The third kappa shape index (κ3) is 2.94. The van der Waals surface area contributed by atoms with E-state index < -0.39 is 6.10 Å². The molecule has 138 valence electrons. The van der Waals surface area contributed by atoms with Crippen molar-refractivity contribution in [2.45, 2.75) is 51.2 Å². The van der Waals surface area contributed by atoms with Gasteiger partial charge in [0.1, 0.15) is 6.10 Å². The second-order valence-electron chi connectivity index (χ2n) is 8.64. The summed E-state index contributed by atoms with van der Waals surface area (Å²) in [5.41, 5.74) is 0.867. The molecule has 0 saturated heterocycles. The third-order valence-corrected chi connectivity index (χ3v) is 8.59. The number of aliphatic hydroxyl groups excluding tert-OH is 1. The highest BCUT2D eigenvalue weighted by molar-refractivity contribution is 7.12. The minimum Gasteiger partial charge on any atom is -0.383 e. The summed E-state index contributed by atoms with van der Waals surface area (Å²) in [5.74, 6) is 2.66. The predicted molar refractivity (Wildman–Crippen MR) is 105 cm³/mol. The molecule has 0 spiro atoms. The Morgan fingerprint density at radius 3 is 2.46 bits per heavy atom. The SMILES string of the molecule is O=C(NCc1ccc(C(O)c2ccsc2)s1)C12CC3CC(CC(C3)C1)C2. The van der Waals surface area contributed by atoms with E-state index in [1.165, 1.54) is 19.3 Å². The lowest BCUT2D eigenvalue weighted by Crippen LogP contribution is -2.53. The van der Waals surface area contributed by atoms with Crippen LogP contribution in [0, 0.1) is 23.2 Å². The van der Waals surface area contributed by atoms with Gasteiger partial charge in [-0.25, -0.2) is 0 Å². The molecular formula is C21H25NO2S2. The minimum atomic E-state index is -0.557. The number of amides is 1. The number of rotatable bonds is 5. The third-order valence-electron chi connectivity index (χ3n) is 6.75. The molecule has 0 aromatic carbocycles. The fourth-order valence-electron chi connectivity index (χ4n) is 5.97. The van der Waals surface area contributed by atoms with Gasteiger partial charge in [-0.05, 0) is 90.8 Å². The number of hydrogen-bond donors (Lipinski definition) is 2. The molecule has 2 aromatic heterocycles. The maximum absolute atomic E-state index is 13.0. The largest absolute Gasteiger partial charge is 0.383 e. The van der Waals surface area contributed by atoms with Gasteiger partial charge in [-0.1, -0.05) is 0 Å². The quantitative estimate of drug-likeness (QED) is 0.780. The van der Waals surface area contributed by atoms with Crippen molar-refractivity contribution in [3.63, 3.8) is 0 Å². The van der Waals surface area contributed by atoms with Crippen LogP contribution < -0.4 is 5.32 Å². The van der Waals surface area contributed by atoms with Crippen molar-refractivity contribution in [3.8, 4) is 0 Å². The fourth-order valence-corrected chi connectivity index (χ4v) is 7.62. The van der Waals surface area contributed by atoms with E-state index in [0.29, 0.717) is 6.54 Å². The summed E-state index contributed by atoms with van der Waals surface area (Å²) in [5, 5.41) is 17.7. The van der Waals surface area contributed by atoms with Crippen LogP contribution in [0.2, 0.25) is 0 Å². The maximum atomic E-state index is 13.0. The van der Waals surface area contributed by atoms with Crippen LogP contribution in [0.25, 0.3) is 0 Å². The second kappa shape index (κ2) is 6.47. The van der Waals surface area contributed by atoms with Gasteiger partial charge in [0.05, 0.1) is 6.54 Å². The highest BCUT2D eigenvalue weighted by Crippen LogP contribution is 2.60. The Kier molecular flexibility index (Phi) is 4.22. The summed E-state index contributed by atoms with van der Waals surface area (Å²) < 4.78 is 0. The predicted octanol–water partition coefficient (Wildman–Crippen LogP) is 4.72. The molecule has 1 atom stereocenters. The number of thiophene rings is 2. The first-order valence-corrected chi connectivity index (χ1v) is 11.4. The highest BCUT2D eigenvalue weighted by atomic mass is 32.1. The lowest BCUT2D eigenvalue weighted by Gasteiger charge is -2.55. The van der Waals surface area contributed by atoms with Gasteiger partial charge in [0.15, 0.2) is 0 Å². The van der Waals surface area contributed by atoms with Crippen LogP contribution in [-0.2, 0) is 11.3 Å². The van der Waals surface area contributed by atoms with Crippen LogP contribution in [-0.4, -0.2) is 11.0 Å². The number of aliphatic hydroxyl groups is 1. The molecule has 2 heterocycles. The molecule has 4 aliphatic rings. The van der Waals surface area contributed by atoms with E-state index in [-0.39, 0.29) is 11.3 Å². The molecule has 4 bridgehead atoms. The monoisotopic (exact) mass is 387 g/mol. The first-order valence-electron chi connectivity index (χ1n) is 9.68. The Morgan fingerprint density at radius 2 is 1.85 bits per heavy atom. The molecule has 26 heavy (non-hydrogen) atoms. The van der Waals surface area contributed by atoms with Gasteiger partial charge in [-0.2, -0.15) is 11.3 Å². The topological polar surface area (TPSA) is 49.3 Å². The Hall–Kier alpha value is -1.17. The summed E-state index contributed by atoms with van der Waals surface area (Å²) >= 11 is 3.20. The smallest absolute Gasteiger partial charge is 0.226 e. The van der Waals surface area contributed by atoms with Gasteiger partial charge in [-0.3, -0.25) is 4.79 Å². The van der Waals surface area contributed by atoms with Crippen molar-refractivity contribution in [2.24, 2.45) is 23.2 Å². The van der Waals surface area contributed by atoms with E-state index in [1.54, 1.807) is 22.7 Å². The van der Waals surface area contributed by atoms with E-state index in [1.807, 2.05) is 29.0 Å². The molecule has 1 amide bonds. The first-order chi connectivity index (χ1) is 12.6. The van der Waals surface area contributed by atoms with E-state index in [9.17, 15) is 9.90 Å². The van der Waals surface area contributed by atoms with Crippen LogP contribution in [0.1, 0.15) is 59.9 Å². The summed E-state index contributed by atoms with van der Waals surface area (Å²) in [6.07, 6.45) is 6.86. The molecule has 2 aromatic rings. The van der Waals surface area contributed by atoms with Crippen molar-refractivity contribution >= 4 is 28.6 Å². The standard InChI is InChI=1S/C21H25NO2S2/c23-19(16-3-4-25-12-16)18-2-1-17(26-18)11-22-20(24)21-8-13-5-14(9-21)7-15(6-13)10-21/h1-4,12-15,19,23H,5-11H2,(H,22,24). The Bertz CT molecular complexity index is 760. The van der Waals surface area contributed by atoms with Crippen molar-refractivity contribution in [3.05, 3.63) is 44.3 Å². The van der Waals surface area contributed by atoms with Crippen molar-refractivity contribution in [2.75, 3.05) is 0 Å². The Morgan fingerprint density at radius 1 is 1.15 bits per heavy atom. The van der Waals surface area contributed by atoms with Crippen LogP contribution >= 0.6 is 22.7 Å². The molecule has 1 unspecified atom stereocenters. The van der Waals surface area contributed by atoms with Gasteiger partial charge >= 0.3 is 0 Å². The zero-order valence-electron chi connectivity index (χ0n) is 14.8. The van der Waals surface area contributed by atoms with Crippen LogP contribution in [0.5, 0.6) is 0 Å². The summed E-state index contributed by atoms with van der Waals surface area (Å²) in [6.45, 7) is 0.585. The lowest BCUT2D eigenvalue weighted by atomic mass is 9.49. The second-order valence-corrected chi connectivity index (χ2v) is 10.6. The van der Waals surface area contributed by atoms with Crippen LogP contribution in [0.15, 0.2) is 29.0 Å². The summed E-state index contributed by atoms with van der Waals surface area (Å²) in [4.78, 5) is 15.1. The molecule has 0 radical (unpaired) electrons. The van der Waals surface area contributed by atoms with Gasteiger partial charge in [0, 0.05) is 15.2 Å². The van der Waals surface area contributed by atoms with Crippen molar-refractivity contribution in [1.29, 1.82) is 0 Å². The summed E-state index contributed by atoms with van der Waals surface area (Å²) in [7, 11) is 0. The minimum absolute atomic E-state index is 0.0783. The molecule has 4 fully saturated rings. The van der Waals surface area contributed by atoms with E-state index in [4.69, 9.17) is 0 Å². The van der Waals surface area contributed by atoms with Crippen molar-refractivity contribution < 1.29 is 9.90 Å². The highest BCUT2D eigenvalue weighted by Gasteiger charge is 2.54. The molecule has 2 N–H and O–H groups in total. The summed E-state index contributed by atoms with van der Waals surface area (Å²) in [6, 6.07) is 5.98. The van der Waals surface area contributed by atoms with E-state index in [0.717, 1.165) is 52.3 Å². The Labute approximate surface area is 162 Å². The van der Waals surface area contributed by atoms with Crippen LogP contribution in [0.3, 0.4) is 0 Å². The fraction of sp³-hybridized carbons (Fsp3) is 0.571. The molecule has 5 heteroatoms. The van der Waals surface area contributed by atoms with Gasteiger partial charge in [0.2, 0.25) is 5.91 Å². The van der Waals surface area contributed by atoms with Gasteiger partial charge < -0.3 is 10.4 Å². The van der Waals surface area contributed by atoms with E-state index >= 15 is 0 Å². The van der Waals surface area contributed by atoms with Crippen molar-refractivity contribution in [1.82, 2.24) is 5.32 Å². The molecule has 4 saturated carbocycles. The molecule has 0 aliphatic heterocycles. The van der Waals surface area contributed by atoms with Gasteiger partial charge in [-0.15, -0.1) is 11.3 Å². The average molecular weight is 388 g/mol. The van der Waals surface area contributed by atoms with Gasteiger partial charge in [0.25, 0.3) is 0 Å². The zero-order chi connectivity index (χ0) is 17.7. The zero-order valence-corrected chi connectivity index (χ0v) is 16.5. The van der Waals surface area contributed by atoms with Crippen LogP contribution in [0.4, 0.5) is 0 Å². The number of nitrogens with one attached hydrogen (secondary N) is 1. The average Bonchev–Trinajstić information content (AvgIpc) is 3.30. The maximum Gasteiger partial charge on any atom is 0.226 e. The molecule has 3 nitrogen and oxygen atoms in total. The normalized spacial score (nSPS) is 33.3. The lowest BCUT2D eigenvalue weighted by molar-refractivity contribution is -0.146. The first kappa shape index (κ1) is 17.0. The molecule has 4 aliphatic carbocycles. The Balaban J connectivity index is 1.24. The molecule has 6 rings (SSSR count). The number of carbonyl (C=O) groups is 1. The molecular weight excluding hydrogens is 362 g/mol. The van der Waals surface area contributed by atoms with E-state index in [2.05, 4.69) is 5.32 Å². The number of carbonyl (C=O) groups excluding carboxylic acids is 1.